The van der Waals surface area contributed by atoms with E-state index in [1.54, 1.807) is 0 Å². The van der Waals surface area contributed by atoms with E-state index in [0.717, 1.165) is 0 Å². The van der Waals surface area contributed by atoms with Gasteiger partial charge in [-0.3, -0.25) is 14.4 Å². The number of hydrogen-bond acceptors (Lipinski definition) is 5. The SMILES string of the molecule is CC(C)CC(NC(=O)C(CC(C)C)NC(=O)C(N)CC(N)=O)C(=O)O. The minimum atomic E-state index is -1.16. The van der Waals surface area contributed by atoms with Crippen LogP contribution in [-0.2, 0) is 19.2 Å². The summed E-state index contributed by atoms with van der Waals surface area (Å²) in [5.74, 6) is -3.01. The average Bonchev–Trinajstić information content (AvgIpc) is 2.43. The monoisotopic (exact) mass is 358 g/mol. The molecule has 9 heteroatoms. The van der Waals surface area contributed by atoms with Gasteiger partial charge < -0.3 is 27.2 Å². The number of carbonyl (C=O) groups excluding carboxylic acids is 3. The van der Waals surface area contributed by atoms with Crippen LogP contribution < -0.4 is 22.1 Å². The second-order valence-electron chi connectivity index (χ2n) is 7.00. The van der Waals surface area contributed by atoms with E-state index in [1.807, 2.05) is 27.7 Å². The van der Waals surface area contributed by atoms with Crippen LogP contribution in [0.4, 0.5) is 0 Å². The van der Waals surface area contributed by atoms with E-state index in [0.29, 0.717) is 6.42 Å². The fraction of sp³-hybridized carbons (Fsp3) is 0.750. The normalized spacial score (nSPS) is 14.7. The highest BCUT2D eigenvalue weighted by atomic mass is 16.4. The van der Waals surface area contributed by atoms with Crippen molar-refractivity contribution in [1.82, 2.24) is 10.6 Å². The first-order valence-electron chi connectivity index (χ1n) is 8.31. The zero-order chi connectivity index (χ0) is 19.7. The van der Waals surface area contributed by atoms with Crippen LogP contribution in [0.15, 0.2) is 0 Å². The van der Waals surface area contributed by atoms with Crippen LogP contribution in [0.5, 0.6) is 0 Å². The lowest BCUT2D eigenvalue weighted by atomic mass is 10.00. The molecule has 0 aromatic carbocycles. The predicted octanol–water partition coefficient (Wildman–Crippen LogP) is -0.664. The van der Waals surface area contributed by atoms with E-state index < -0.39 is 41.8 Å². The molecule has 0 radical (unpaired) electrons. The number of rotatable bonds is 11. The number of primary amides is 1. The molecule has 3 amide bonds. The summed E-state index contributed by atoms with van der Waals surface area (Å²) in [7, 11) is 0. The summed E-state index contributed by atoms with van der Waals surface area (Å²) in [6, 6.07) is -3.15. The number of carboxylic acid groups (broad SMARTS) is 1. The third-order valence-corrected chi connectivity index (χ3v) is 3.42. The minimum absolute atomic E-state index is 0.0665. The fourth-order valence-corrected chi connectivity index (χ4v) is 2.26. The maximum absolute atomic E-state index is 12.4. The molecule has 9 nitrogen and oxygen atoms in total. The Morgan fingerprint density at radius 3 is 1.72 bits per heavy atom. The zero-order valence-corrected chi connectivity index (χ0v) is 15.2. The van der Waals surface area contributed by atoms with Crippen LogP contribution in [0.2, 0.25) is 0 Å². The molecule has 7 N–H and O–H groups in total. The van der Waals surface area contributed by atoms with E-state index in [1.165, 1.54) is 0 Å². The molecular weight excluding hydrogens is 328 g/mol. The van der Waals surface area contributed by atoms with Gasteiger partial charge >= 0.3 is 5.97 Å². The molecule has 0 fully saturated rings. The predicted molar refractivity (Wildman–Crippen MR) is 92.2 cm³/mol. The van der Waals surface area contributed by atoms with Crippen molar-refractivity contribution in [3.63, 3.8) is 0 Å². The van der Waals surface area contributed by atoms with Gasteiger partial charge in [0.15, 0.2) is 0 Å². The lowest BCUT2D eigenvalue weighted by Crippen LogP contribution is -2.55. The topological polar surface area (TPSA) is 165 Å². The van der Waals surface area contributed by atoms with Crippen molar-refractivity contribution in [2.24, 2.45) is 23.3 Å². The van der Waals surface area contributed by atoms with Crippen LogP contribution in [0.3, 0.4) is 0 Å². The lowest BCUT2D eigenvalue weighted by Gasteiger charge is -2.24. The molecule has 0 aromatic rings. The van der Waals surface area contributed by atoms with E-state index in [9.17, 15) is 24.3 Å². The van der Waals surface area contributed by atoms with Gasteiger partial charge in [-0.05, 0) is 24.7 Å². The molecule has 0 bridgehead atoms. The third-order valence-electron chi connectivity index (χ3n) is 3.42. The molecule has 0 saturated carbocycles. The Labute approximate surface area is 147 Å². The van der Waals surface area contributed by atoms with Gasteiger partial charge in [0.25, 0.3) is 0 Å². The summed E-state index contributed by atoms with van der Waals surface area (Å²) in [5.41, 5.74) is 10.6. The van der Waals surface area contributed by atoms with Crippen molar-refractivity contribution in [3.8, 4) is 0 Å². The molecule has 0 heterocycles. The highest BCUT2D eigenvalue weighted by Crippen LogP contribution is 2.09. The van der Waals surface area contributed by atoms with Gasteiger partial charge in [-0.1, -0.05) is 27.7 Å². The second-order valence-corrected chi connectivity index (χ2v) is 7.00. The molecule has 144 valence electrons. The number of nitrogens with one attached hydrogen (secondary N) is 2. The van der Waals surface area contributed by atoms with E-state index >= 15 is 0 Å². The van der Waals surface area contributed by atoms with Gasteiger partial charge in [-0.2, -0.15) is 0 Å². The van der Waals surface area contributed by atoms with Crippen molar-refractivity contribution in [1.29, 1.82) is 0 Å². The summed E-state index contributed by atoms with van der Waals surface area (Å²) < 4.78 is 0. The summed E-state index contributed by atoms with van der Waals surface area (Å²) >= 11 is 0. The van der Waals surface area contributed by atoms with Gasteiger partial charge in [0.1, 0.15) is 12.1 Å². The Morgan fingerprint density at radius 2 is 1.32 bits per heavy atom. The molecule has 25 heavy (non-hydrogen) atoms. The van der Waals surface area contributed by atoms with Crippen LogP contribution in [0, 0.1) is 11.8 Å². The fourth-order valence-electron chi connectivity index (χ4n) is 2.26. The Hall–Kier alpha value is -2.16. The van der Waals surface area contributed by atoms with Crippen molar-refractivity contribution in [2.45, 2.75) is 65.1 Å². The van der Waals surface area contributed by atoms with Crippen LogP contribution in [0.25, 0.3) is 0 Å². The number of carbonyl (C=O) groups is 4. The van der Waals surface area contributed by atoms with Gasteiger partial charge in [-0.25, -0.2) is 4.79 Å². The number of hydrogen-bond donors (Lipinski definition) is 5. The summed E-state index contributed by atoms with van der Waals surface area (Å²) in [4.78, 5) is 46.6. The van der Waals surface area contributed by atoms with E-state index in [4.69, 9.17) is 11.5 Å². The number of amides is 3. The first kappa shape index (κ1) is 22.8. The standard InChI is InChI=1S/C16H30N4O5/c1-8(2)5-11(19-14(22)10(17)7-13(18)21)15(23)20-12(16(24)25)6-9(3)4/h8-12H,5-7,17H2,1-4H3,(H2,18,21)(H,19,22)(H,20,23)(H,24,25). The van der Waals surface area contributed by atoms with Gasteiger partial charge in [0, 0.05) is 0 Å². The molecule has 3 atom stereocenters. The first-order chi connectivity index (χ1) is 11.4. The number of carboxylic acids is 1. The quantitative estimate of drug-likeness (QED) is 0.329. The van der Waals surface area contributed by atoms with Crippen molar-refractivity contribution >= 4 is 23.7 Å². The average molecular weight is 358 g/mol. The lowest BCUT2D eigenvalue weighted by molar-refractivity contribution is -0.142. The largest absolute Gasteiger partial charge is 0.480 e. The zero-order valence-electron chi connectivity index (χ0n) is 15.2. The number of nitrogens with two attached hydrogens (primary N) is 2. The first-order valence-corrected chi connectivity index (χ1v) is 8.31. The summed E-state index contributed by atoms with van der Waals surface area (Å²) in [5, 5.41) is 14.2. The minimum Gasteiger partial charge on any atom is -0.480 e. The van der Waals surface area contributed by atoms with Crippen molar-refractivity contribution < 1.29 is 24.3 Å². The Morgan fingerprint density at radius 1 is 0.880 bits per heavy atom. The molecule has 0 aliphatic heterocycles. The summed E-state index contributed by atoms with van der Waals surface area (Å²) in [6.45, 7) is 7.41. The van der Waals surface area contributed by atoms with Crippen LogP contribution in [-0.4, -0.2) is 46.9 Å². The van der Waals surface area contributed by atoms with Crippen molar-refractivity contribution in [3.05, 3.63) is 0 Å². The molecule has 0 rings (SSSR count). The Kier molecular flexibility index (Phi) is 9.73. The molecular formula is C16H30N4O5. The Balaban J connectivity index is 5.05. The highest BCUT2D eigenvalue weighted by Gasteiger charge is 2.29. The molecule has 0 spiro atoms. The van der Waals surface area contributed by atoms with Crippen LogP contribution >= 0.6 is 0 Å². The Bertz CT molecular complexity index is 493. The van der Waals surface area contributed by atoms with Crippen molar-refractivity contribution in [2.75, 3.05) is 0 Å². The van der Waals surface area contributed by atoms with Crippen LogP contribution in [0.1, 0.15) is 47.0 Å². The summed E-state index contributed by atoms with van der Waals surface area (Å²) in [6.07, 6.45) is 0.229. The third kappa shape index (κ3) is 9.65. The molecule has 0 aliphatic carbocycles. The molecule has 0 aliphatic rings. The highest BCUT2D eigenvalue weighted by molar-refractivity contribution is 5.93. The van der Waals surface area contributed by atoms with Gasteiger partial charge in [-0.15, -0.1) is 0 Å². The second kappa shape index (κ2) is 10.7. The molecule has 0 aromatic heterocycles. The van der Waals surface area contributed by atoms with E-state index in [-0.39, 0.29) is 24.7 Å². The van der Waals surface area contributed by atoms with E-state index in [2.05, 4.69) is 10.6 Å². The van der Waals surface area contributed by atoms with Gasteiger partial charge in [0.05, 0.1) is 12.5 Å². The van der Waals surface area contributed by atoms with Gasteiger partial charge in [0.2, 0.25) is 17.7 Å². The maximum Gasteiger partial charge on any atom is 0.326 e. The maximum atomic E-state index is 12.4. The number of aliphatic carboxylic acids is 1. The smallest absolute Gasteiger partial charge is 0.326 e. The molecule has 3 unspecified atom stereocenters. The molecule has 0 saturated heterocycles.